The molecule has 2 N–H and O–H groups in total. The van der Waals surface area contributed by atoms with Gasteiger partial charge in [-0.1, -0.05) is 18.2 Å². The van der Waals surface area contributed by atoms with Crippen molar-refractivity contribution in [3.8, 4) is 0 Å². The van der Waals surface area contributed by atoms with E-state index in [1.54, 1.807) is 6.07 Å². The highest BCUT2D eigenvalue weighted by molar-refractivity contribution is 7.85. The average molecular weight is 280 g/mol. The molecule has 0 radical (unpaired) electrons. The summed E-state index contributed by atoms with van der Waals surface area (Å²) in [6, 6.07) is 11.2. The number of aromatic nitrogens is 1. The Labute approximate surface area is 113 Å². The fourth-order valence-corrected chi connectivity index (χ4v) is 1.75. The second-order valence-corrected chi connectivity index (χ2v) is 5.22. The van der Waals surface area contributed by atoms with Crippen LogP contribution in [0.4, 0.5) is 0 Å². The van der Waals surface area contributed by atoms with Crippen LogP contribution in [0.2, 0.25) is 0 Å². The third kappa shape index (κ3) is 5.60. The largest absolute Gasteiger partial charge is 0.744 e. The normalized spacial score (nSPS) is 10.5. The first-order chi connectivity index (χ1) is 8.93. The van der Waals surface area contributed by atoms with Crippen LogP contribution in [-0.4, -0.2) is 13.0 Å². The van der Waals surface area contributed by atoms with Crippen LogP contribution >= 0.6 is 0 Å². The Bertz CT molecular complexity index is 596. The molecular formula is C13H16N2O3S. The molecular weight excluding hydrogens is 264 g/mol. The van der Waals surface area contributed by atoms with Crippen molar-refractivity contribution >= 4 is 10.1 Å². The second-order valence-electron chi connectivity index (χ2n) is 3.84. The molecule has 1 aromatic carbocycles. The van der Waals surface area contributed by atoms with E-state index in [0.29, 0.717) is 6.54 Å². The van der Waals surface area contributed by atoms with Crippen LogP contribution in [0.25, 0.3) is 0 Å². The minimum absolute atomic E-state index is 0.185. The van der Waals surface area contributed by atoms with Gasteiger partial charge in [-0.2, -0.15) is 0 Å². The van der Waals surface area contributed by atoms with Crippen LogP contribution in [0.5, 0.6) is 0 Å². The number of hydrogen-bond acceptors (Lipinski definition) is 4. The van der Waals surface area contributed by atoms with Crippen molar-refractivity contribution in [1.29, 1.82) is 0 Å². The molecule has 5 nitrogen and oxygen atoms in total. The minimum Gasteiger partial charge on any atom is -0.744 e. The number of nitrogens with two attached hydrogens (primary N) is 1. The molecule has 0 aliphatic heterocycles. The fourth-order valence-electron chi connectivity index (χ4n) is 1.26. The van der Waals surface area contributed by atoms with Crippen LogP contribution in [0.1, 0.15) is 5.56 Å². The molecule has 0 aliphatic carbocycles. The number of nitrogens with zero attached hydrogens (tertiary/aromatic N) is 1. The summed E-state index contributed by atoms with van der Waals surface area (Å²) >= 11 is 0. The van der Waals surface area contributed by atoms with Crippen molar-refractivity contribution in [3.05, 3.63) is 60.4 Å². The van der Waals surface area contributed by atoms with Gasteiger partial charge in [-0.3, -0.25) is 0 Å². The maximum Gasteiger partial charge on any atom is 0.168 e. The van der Waals surface area contributed by atoms with E-state index >= 15 is 0 Å². The zero-order valence-electron chi connectivity index (χ0n) is 10.6. The molecule has 0 saturated heterocycles. The average Bonchev–Trinajstić information content (AvgIpc) is 2.40. The Morgan fingerprint density at radius 3 is 2.00 bits per heavy atom. The molecule has 2 aromatic rings. The topological polar surface area (TPSA) is 87.1 Å². The molecule has 0 atom stereocenters. The van der Waals surface area contributed by atoms with Gasteiger partial charge < -0.3 is 10.3 Å². The van der Waals surface area contributed by atoms with E-state index in [1.165, 1.54) is 29.8 Å². The lowest BCUT2D eigenvalue weighted by atomic mass is 10.3. The molecule has 0 amide bonds. The first kappa shape index (κ1) is 15.3. The highest BCUT2D eigenvalue weighted by atomic mass is 32.2. The van der Waals surface area contributed by atoms with Gasteiger partial charge in [0.1, 0.15) is 17.2 Å². The first-order valence-electron chi connectivity index (χ1n) is 5.58. The van der Waals surface area contributed by atoms with E-state index in [2.05, 4.69) is 0 Å². The van der Waals surface area contributed by atoms with Crippen molar-refractivity contribution in [3.63, 3.8) is 0 Å². The van der Waals surface area contributed by atoms with Crippen LogP contribution in [0.3, 0.4) is 0 Å². The smallest absolute Gasteiger partial charge is 0.168 e. The molecule has 1 aromatic heterocycles. The Morgan fingerprint density at radius 2 is 1.63 bits per heavy atom. The third-order valence-corrected chi connectivity index (χ3v) is 3.16. The lowest BCUT2D eigenvalue weighted by molar-refractivity contribution is -0.671. The number of benzene rings is 1. The summed E-state index contributed by atoms with van der Waals surface area (Å²) in [7, 11) is -2.27. The number of aryl methyl sites for hydroxylation is 1. The van der Waals surface area contributed by atoms with Crippen LogP contribution in [-0.2, 0) is 23.7 Å². The molecule has 1 heterocycles. The van der Waals surface area contributed by atoms with E-state index in [9.17, 15) is 13.0 Å². The predicted molar refractivity (Wildman–Crippen MR) is 69.9 cm³/mol. The van der Waals surface area contributed by atoms with Gasteiger partial charge >= 0.3 is 0 Å². The highest BCUT2D eigenvalue weighted by Crippen LogP contribution is 2.04. The molecule has 0 fully saturated rings. The number of pyridine rings is 1. The predicted octanol–water partition coefficient (Wildman–Crippen LogP) is 0.560. The summed E-state index contributed by atoms with van der Waals surface area (Å²) in [6.45, 7) is 0.626. The van der Waals surface area contributed by atoms with Crippen LogP contribution in [0, 0.1) is 0 Å². The van der Waals surface area contributed by atoms with Crippen molar-refractivity contribution in [1.82, 2.24) is 0 Å². The van der Waals surface area contributed by atoms with Gasteiger partial charge in [0.05, 0.1) is 4.90 Å². The molecule has 102 valence electrons. The number of rotatable bonds is 2. The molecule has 0 unspecified atom stereocenters. The molecule has 0 spiro atoms. The second kappa shape index (κ2) is 6.98. The van der Waals surface area contributed by atoms with Gasteiger partial charge in [0.2, 0.25) is 0 Å². The first-order valence-corrected chi connectivity index (χ1v) is 6.99. The maximum atomic E-state index is 10.3. The van der Waals surface area contributed by atoms with E-state index in [4.69, 9.17) is 5.73 Å². The lowest BCUT2D eigenvalue weighted by Gasteiger charge is -2.04. The Kier molecular flexibility index (Phi) is 5.62. The van der Waals surface area contributed by atoms with Crippen molar-refractivity contribution in [2.24, 2.45) is 12.8 Å². The molecule has 0 aliphatic rings. The quantitative estimate of drug-likeness (QED) is 0.643. The molecule has 0 bridgehead atoms. The SMILES string of the molecule is C[n+]1ccc(CN)cc1.O=S(=O)([O-])c1ccccc1. The van der Waals surface area contributed by atoms with Gasteiger partial charge in [-0.05, 0) is 17.7 Å². The van der Waals surface area contributed by atoms with Gasteiger partial charge in [-0.25, -0.2) is 13.0 Å². The molecule has 2 rings (SSSR count). The van der Waals surface area contributed by atoms with Crippen LogP contribution in [0.15, 0.2) is 59.8 Å². The Morgan fingerprint density at radius 1 is 1.11 bits per heavy atom. The summed E-state index contributed by atoms with van der Waals surface area (Å²) in [6.07, 6.45) is 3.98. The lowest BCUT2D eigenvalue weighted by Crippen LogP contribution is -2.26. The number of hydrogen-bond donors (Lipinski definition) is 1. The summed E-state index contributed by atoms with van der Waals surface area (Å²) < 4.78 is 32.8. The summed E-state index contributed by atoms with van der Waals surface area (Å²) in [5.41, 5.74) is 6.56. The zero-order valence-corrected chi connectivity index (χ0v) is 11.4. The standard InChI is InChI=1S/C7H11N2.C6H6O3S/c1-9-4-2-7(6-8)3-5-9;7-10(8,9)6-4-2-1-3-5-6/h2-5H,6,8H2,1H3;1-5H,(H,7,8,9)/q+1;/p-1. The monoisotopic (exact) mass is 280 g/mol. The Balaban J connectivity index is 0.000000191. The van der Waals surface area contributed by atoms with Gasteiger partial charge in [0.15, 0.2) is 12.4 Å². The summed E-state index contributed by atoms with van der Waals surface area (Å²) in [4.78, 5) is -0.185. The third-order valence-electron chi connectivity index (χ3n) is 2.32. The summed E-state index contributed by atoms with van der Waals surface area (Å²) in [5.74, 6) is 0. The van der Waals surface area contributed by atoms with Gasteiger partial charge in [-0.15, -0.1) is 0 Å². The Hall–Kier alpha value is -1.76. The zero-order chi connectivity index (χ0) is 14.3. The van der Waals surface area contributed by atoms with E-state index < -0.39 is 10.1 Å². The minimum atomic E-state index is -4.25. The highest BCUT2D eigenvalue weighted by Gasteiger charge is 1.95. The van der Waals surface area contributed by atoms with Crippen LogP contribution < -0.4 is 10.3 Å². The van der Waals surface area contributed by atoms with Crippen molar-refractivity contribution < 1.29 is 17.5 Å². The van der Waals surface area contributed by atoms with Crippen molar-refractivity contribution in [2.45, 2.75) is 11.4 Å². The maximum absolute atomic E-state index is 10.3. The molecule has 6 heteroatoms. The molecule has 0 saturated carbocycles. The van der Waals surface area contributed by atoms with Crippen molar-refractivity contribution in [2.75, 3.05) is 0 Å². The van der Waals surface area contributed by atoms with E-state index in [1.807, 2.05) is 36.1 Å². The van der Waals surface area contributed by atoms with E-state index in [-0.39, 0.29) is 4.90 Å². The van der Waals surface area contributed by atoms with E-state index in [0.717, 1.165) is 0 Å². The fraction of sp³-hybridized carbons (Fsp3) is 0.154. The van der Waals surface area contributed by atoms with Gasteiger partial charge in [0.25, 0.3) is 0 Å². The summed E-state index contributed by atoms with van der Waals surface area (Å²) in [5, 5.41) is 0. The van der Waals surface area contributed by atoms with Gasteiger partial charge in [0, 0.05) is 18.7 Å². The molecule has 19 heavy (non-hydrogen) atoms.